The first-order valence-electron chi connectivity index (χ1n) is 7.70. The lowest BCUT2D eigenvalue weighted by Gasteiger charge is -2.08. The molecular weight excluding hydrogens is 322 g/mol. The van der Waals surface area contributed by atoms with Crippen molar-refractivity contribution in [3.63, 3.8) is 0 Å². The maximum atomic E-state index is 12.6. The number of carbonyl (C=O) groups excluding carboxylic acids is 1. The highest BCUT2D eigenvalue weighted by molar-refractivity contribution is 7.12. The second-order valence-corrected chi connectivity index (χ2v) is 7.07. The summed E-state index contributed by atoms with van der Waals surface area (Å²) < 4.78 is 5.20. The standard InChI is InChI=1S/C18H19N3O2S/c1-10(2)17-16(20-11(3)24-17)18(22)21-13-7-12-5-6-14(23-4)8-15(12)19-9-13/h5-10H,1-4H3,(H,21,22). The highest BCUT2D eigenvalue weighted by Crippen LogP contribution is 2.27. The van der Waals surface area contributed by atoms with Gasteiger partial charge in [0.05, 0.1) is 29.5 Å². The third-order valence-corrected chi connectivity index (χ3v) is 4.92. The van der Waals surface area contributed by atoms with Crippen LogP contribution in [0.2, 0.25) is 0 Å². The molecule has 0 bridgehead atoms. The van der Waals surface area contributed by atoms with Crippen LogP contribution in [-0.2, 0) is 0 Å². The SMILES string of the molecule is COc1ccc2cc(NC(=O)c3nc(C)sc3C(C)C)cnc2c1. The summed E-state index contributed by atoms with van der Waals surface area (Å²) in [4.78, 5) is 22.3. The Kier molecular flexibility index (Phi) is 4.49. The van der Waals surface area contributed by atoms with Gasteiger partial charge in [-0.25, -0.2) is 4.98 Å². The van der Waals surface area contributed by atoms with Crippen LogP contribution in [0.25, 0.3) is 10.9 Å². The van der Waals surface area contributed by atoms with Gasteiger partial charge in [-0.2, -0.15) is 0 Å². The van der Waals surface area contributed by atoms with Crippen molar-refractivity contribution in [2.24, 2.45) is 0 Å². The van der Waals surface area contributed by atoms with E-state index in [0.29, 0.717) is 11.4 Å². The van der Waals surface area contributed by atoms with E-state index in [2.05, 4.69) is 29.1 Å². The van der Waals surface area contributed by atoms with Crippen molar-refractivity contribution in [3.05, 3.63) is 46.0 Å². The van der Waals surface area contributed by atoms with Crippen LogP contribution in [0.1, 0.15) is 40.1 Å². The highest BCUT2D eigenvalue weighted by Gasteiger charge is 2.19. The predicted octanol–water partition coefficient (Wildman–Crippen LogP) is 4.38. The molecule has 5 nitrogen and oxygen atoms in total. The van der Waals surface area contributed by atoms with E-state index in [9.17, 15) is 4.79 Å². The molecule has 2 heterocycles. The van der Waals surface area contributed by atoms with E-state index < -0.39 is 0 Å². The molecule has 3 aromatic rings. The Hall–Kier alpha value is -2.47. The maximum absolute atomic E-state index is 12.6. The largest absolute Gasteiger partial charge is 0.497 e. The van der Waals surface area contributed by atoms with Crippen molar-refractivity contribution in [3.8, 4) is 5.75 Å². The quantitative estimate of drug-likeness (QED) is 0.764. The molecule has 1 aromatic carbocycles. The van der Waals surface area contributed by atoms with Crippen molar-refractivity contribution in [1.82, 2.24) is 9.97 Å². The predicted molar refractivity (Wildman–Crippen MR) is 97.2 cm³/mol. The molecule has 0 aliphatic heterocycles. The van der Waals surface area contributed by atoms with E-state index in [4.69, 9.17) is 4.74 Å². The number of rotatable bonds is 4. The van der Waals surface area contributed by atoms with E-state index in [1.54, 1.807) is 24.6 Å². The number of nitrogens with one attached hydrogen (secondary N) is 1. The first-order valence-corrected chi connectivity index (χ1v) is 8.52. The Morgan fingerprint density at radius 1 is 1.29 bits per heavy atom. The molecule has 3 rings (SSSR count). The zero-order valence-electron chi connectivity index (χ0n) is 14.1. The molecule has 2 aromatic heterocycles. The zero-order chi connectivity index (χ0) is 17.3. The summed E-state index contributed by atoms with van der Waals surface area (Å²) in [7, 11) is 1.62. The number of ether oxygens (including phenoxy) is 1. The molecule has 0 saturated heterocycles. The molecule has 1 amide bonds. The van der Waals surface area contributed by atoms with Crippen molar-refractivity contribution in [1.29, 1.82) is 0 Å². The van der Waals surface area contributed by atoms with Gasteiger partial charge in [0.15, 0.2) is 0 Å². The number of benzene rings is 1. The minimum absolute atomic E-state index is 0.197. The topological polar surface area (TPSA) is 64.1 Å². The molecule has 0 fully saturated rings. The van der Waals surface area contributed by atoms with Gasteiger partial charge >= 0.3 is 0 Å². The lowest BCUT2D eigenvalue weighted by Crippen LogP contribution is -2.14. The Bertz CT molecular complexity index is 902. The molecule has 0 saturated carbocycles. The van der Waals surface area contributed by atoms with Crippen LogP contribution in [0, 0.1) is 6.92 Å². The number of aromatic nitrogens is 2. The first-order chi connectivity index (χ1) is 11.5. The third kappa shape index (κ3) is 3.23. The average Bonchev–Trinajstić information content (AvgIpc) is 2.96. The van der Waals surface area contributed by atoms with Gasteiger partial charge < -0.3 is 10.1 Å². The molecule has 0 aliphatic carbocycles. The van der Waals surface area contributed by atoms with Gasteiger partial charge in [-0.3, -0.25) is 9.78 Å². The van der Waals surface area contributed by atoms with Gasteiger partial charge in [0.25, 0.3) is 5.91 Å². The van der Waals surface area contributed by atoms with Crippen LogP contribution in [0.5, 0.6) is 5.75 Å². The van der Waals surface area contributed by atoms with Gasteiger partial charge in [-0.05, 0) is 31.0 Å². The lowest BCUT2D eigenvalue weighted by atomic mass is 10.1. The summed E-state index contributed by atoms with van der Waals surface area (Å²) in [6, 6.07) is 7.55. The van der Waals surface area contributed by atoms with Gasteiger partial charge in [-0.15, -0.1) is 11.3 Å². The summed E-state index contributed by atoms with van der Waals surface area (Å²) in [5.41, 5.74) is 1.97. The van der Waals surface area contributed by atoms with Gasteiger partial charge in [0.1, 0.15) is 11.4 Å². The Morgan fingerprint density at radius 2 is 2.08 bits per heavy atom. The molecule has 0 unspecified atom stereocenters. The Morgan fingerprint density at radius 3 is 2.79 bits per heavy atom. The normalized spacial score (nSPS) is 11.0. The third-order valence-electron chi connectivity index (χ3n) is 3.65. The minimum atomic E-state index is -0.197. The van der Waals surface area contributed by atoms with Crippen LogP contribution in [0.15, 0.2) is 30.5 Å². The number of carbonyl (C=O) groups is 1. The number of aryl methyl sites for hydroxylation is 1. The van der Waals surface area contributed by atoms with E-state index in [1.807, 2.05) is 31.2 Å². The monoisotopic (exact) mass is 341 g/mol. The van der Waals surface area contributed by atoms with Gasteiger partial charge in [-0.1, -0.05) is 13.8 Å². The number of fused-ring (bicyclic) bond motifs is 1. The second-order valence-electron chi connectivity index (χ2n) is 5.84. The Balaban J connectivity index is 1.88. The van der Waals surface area contributed by atoms with E-state index in [0.717, 1.165) is 26.5 Å². The fourth-order valence-electron chi connectivity index (χ4n) is 2.48. The number of nitrogens with zero attached hydrogens (tertiary/aromatic N) is 2. The van der Waals surface area contributed by atoms with Crippen LogP contribution in [-0.4, -0.2) is 23.0 Å². The van der Waals surface area contributed by atoms with Crippen LogP contribution < -0.4 is 10.1 Å². The van der Waals surface area contributed by atoms with Crippen molar-refractivity contribution in [2.75, 3.05) is 12.4 Å². The highest BCUT2D eigenvalue weighted by atomic mass is 32.1. The molecule has 0 spiro atoms. The smallest absolute Gasteiger partial charge is 0.275 e. The number of hydrogen-bond acceptors (Lipinski definition) is 5. The lowest BCUT2D eigenvalue weighted by molar-refractivity contribution is 0.102. The van der Waals surface area contributed by atoms with Crippen LogP contribution in [0.4, 0.5) is 5.69 Å². The van der Waals surface area contributed by atoms with Gasteiger partial charge in [0, 0.05) is 16.3 Å². The fraction of sp³-hybridized carbons (Fsp3) is 0.278. The molecular formula is C18H19N3O2S. The van der Waals surface area contributed by atoms with Gasteiger partial charge in [0.2, 0.25) is 0 Å². The molecule has 1 N–H and O–H groups in total. The van der Waals surface area contributed by atoms with Crippen molar-refractivity contribution >= 4 is 33.8 Å². The maximum Gasteiger partial charge on any atom is 0.275 e. The molecule has 0 radical (unpaired) electrons. The summed E-state index contributed by atoms with van der Waals surface area (Å²) in [5.74, 6) is 0.822. The number of pyridine rings is 1. The van der Waals surface area contributed by atoms with E-state index in [-0.39, 0.29) is 11.8 Å². The summed E-state index contributed by atoms with van der Waals surface area (Å²) >= 11 is 1.57. The van der Waals surface area contributed by atoms with Crippen molar-refractivity contribution in [2.45, 2.75) is 26.7 Å². The minimum Gasteiger partial charge on any atom is -0.497 e. The molecule has 24 heavy (non-hydrogen) atoms. The molecule has 124 valence electrons. The van der Waals surface area contributed by atoms with Crippen LogP contribution >= 0.6 is 11.3 Å². The zero-order valence-corrected chi connectivity index (χ0v) is 14.9. The Labute approximate surface area is 144 Å². The van der Waals surface area contributed by atoms with E-state index in [1.165, 1.54) is 0 Å². The van der Waals surface area contributed by atoms with Crippen LogP contribution in [0.3, 0.4) is 0 Å². The number of anilines is 1. The summed E-state index contributed by atoms with van der Waals surface area (Å²) in [6.45, 7) is 6.04. The molecule has 6 heteroatoms. The number of hydrogen-bond donors (Lipinski definition) is 1. The molecule has 0 atom stereocenters. The fourth-order valence-corrected chi connectivity index (χ4v) is 3.41. The van der Waals surface area contributed by atoms with E-state index >= 15 is 0 Å². The number of amides is 1. The summed E-state index contributed by atoms with van der Waals surface area (Å²) in [5, 5.41) is 4.73. The second kappa shape index (κ2) is 6.57. The van der Waals surface area contributed by atoms with Crippen molar-refractivity contribution < 1.29 is 9.53 Å². The first kappa shape index (κ1) is 16.4. The summed E-state index contributed by atoms with van der Waals surface area (Å²) in [6.07, 6.45) is 1.65. The average molecular weight is 341 g/mol. The number of methoxy groups -OCH3 is 1. The number of thiazole rings is 1. The molecule has 0 aliphatic rings.